The van der Waals surface area contributed by atoms with E-state index in [1.54, 1.807) is 12.1 Å². The summed E-state index contributed by atoms with van der Waals surface area (Å²) >= 11 is 0. The molecule has 1 rings (SSSR count). The van der Waals surface area contributed by atoms with Crippen LogP contribution in [-0.4, -0.2) is 43.9 Å². The molecule has 1 unspecified atom stereocenters. The van der Waals surface area contributed by atoms with E-state index in [0.29, 0.717) is 18.9 Å². The molecule has 0 aliphatic heterocycles. The van der Waals surface area contributed by atoms with E-state index >= 15 is 0 Å². The first-order valence-corrected chi connectivity index (χ1v) is 6.06. The first-order chi connectivity index (χ1) is 8.67. The van der Waals surface area contributed by atoms with Crippen molar-refractivity contribution < 1.29 is 24.6 Å². The van der Waals surface area contributed by atoms with Crippen LogP contribution >= 0.6 is 0 Å². The summed E-state index contributed by atoms with van der Waals surface area (Å²) in [6, 6.07) is 6.15. The normalized spacial score (nSPS) is 12.1. The Morgan fingerprint density at radius 2 is 2.00 bits per heavy atom. The van der Waals surface area contributed by atoms with Gasteiger partial charge in [0.1, 0.15) is 25.4 Å². The third-order valence-corrected chi connectivity index (χ3v) is 2.78. The van der Waals surface area contributed by atoms with Crippen LogP contribution in [0.4, 0.5) is 0 Å². The molecule has 0 fully saturated rings. The summed E-state index contributed by atoms with van der Waals surface area (Å²) in [4.78, 5) is 11.8. The van der Waals surface area contributed by atoms with Crippen molar-refractivity contribution in [2.75, 3.05) is 32.8 Å². The van der Waals surface area contributed by atoms with Gasteiger partial charge in [-0.05, 0) is 36.8 Å². The summed E-state index contributed by atoms with van der Waals surface area (Å²) in [5.74, 6) is -0.550. The zero-order chi connectivity index (χ0) is 13.4. The molecule has 0 heterocycles. The van der Waals surface area contributed by atoms with E-state index in [2.05, 4.69) is 6.92 Å². The molecule has 100 valence electrons. The lowest BCUT2D eigenvalue weighted by Crippen LogP contribution is -3.12. The number of benzene rings is 1. The second-order valence-electron chi connectivity index (χ2n) is 3.99. The molecule has 5 nitrogen and oxygen atoms in total. The smallest absolute Gasteiger partial charge is 0.137 e. The van der Waals surface area contributed by atoms with Gasteiger partial charge in [-0.1, -0.05) is 0 Å². The van der Waals surface area contributed by atoms with E-state index in [1.807, 2.05) is 0 Å². The van der Waals surface area contributed by atoms with Gasteiger partial charge < -0.3 is 24.6 Å². The molecule has 0 spiro atoms. The molecule has 0 bridgehead atoms. The standard InChI is InChI=1S/C13H19NO4/c1-2-14(7-9-15)8-10-18-12-5-3-11(4-6-12)13(16)17/h3-6,15H,2,7-10H2,1H3,(H,16,17). The molecule has 18 heavy (non-hydrogen) atoms. The van der Waals surface area contributed by atoms with Crippen LogP contribution in [0.2, 0.25) is 0 Å². The van der Waals surface area contributed by atoms with E-state index in [-0.39, 0.29) is 12.2 Å². The van der Waals surface area contributed by atoms with E-state index < -0.39 is 5.97 Å². The number of nitrogens with one attached hydrogen (secondary N) is 1. The average Bonchev–Trinajstić information content (AvgIpc) is 2.38. The number of carboxylic acid groups (broad SMARTS) is 1. The summed E-state index contributed by atoms with van der Waals surface area (Å²) in [5, 5.41) is 19.4. The van der Waals surface area contributed by atoms with Crippen LogP contribution in [0.25, 0.3) is 0 Å². The molecular formula is C13H19NO4. The first-order valence-electron chi connectivity index (χ1n) is 6.06. The fourth-order valence-electron chi connectivity index (χ4n) is 1.64. The molecule has 0 saturated heterocycles. The summed E-state index contributed by atoms with van der Waals surface area (Å²) in [6.07, 6.45) is 0. The van der Waals surface area contributed by atoms with E-state index in [0.717, 1.165) is 13.1 Å². The molecule has 0 radical (unpaired) electrons. The number of hydrogen-bond donors (Lipinski definition) is 2. The predicted octanol–water partition coefficient (Wildman–Crippen LogP) is -1.67. The van der Waals surface area contributed by atoms with Gasteiger partial charge in [0.15, 0.2) is 0 Å². The summed E-state index contributed by atoms with van der Waals surface area (Å²) < 4.78 is 5.50. The van der Waals surface area contributed by atoms with Gasteiger partial charge in [0.25, 0.3) is 0 Å². The van der Waals surface area contributed by atoms with Crippen LogP contribution in [0, 0.1) is 0 Å². The minimum Gasteiger partial charge on any atom is -0.545 e. The van der Waals surface area contributed by atoms with E-state index in [4.69, 9.17) is 9.84 Å². The maximum absolute atomic E-state index is 10.5. The molecule has 0 amide bonds. The number of carbonyl (C=O) groups excluding carboxylic acids is 1. The van der Waals surface area contributed by atoms with Crippen LogP contribution in [0.15, 0.2) is 24.3 Å². The quantitative estimate of drug-likeness (QED) is 0.581. The zero-order valence-corrected chi connectivity index (χ0v) is 10.5. The molecule has 5 heteroatoms. The van der Waals surface area contributed by atoms with Crippen molar-refractivity contribution in [1.82, 2.24) is 0 Å². The molecule has 1 aromatic rings. The third kappa shape index (κ3) is 4.73. The summed E-state index contributed by atoms with van der Waals surface area (Å²) in [5.41, 5.74) is 0.142. The largest absolute Gasteiger partial charge is 0.545 e. The highest BCUT2D eigenvalue weighted by Gasteiger charge is 2.04. The molecule has 0 saturated carbocycles. The molecule has 0 aromatic heterocycles. The van der Waals surface area contributed by atoms with Crippen LogP contribution in [-0.2, 0) is 0 Å². The maximum Gasteiger partial charge on any atom is 0.137 e. The second kappa shape index (κ2) is 7.68. The zero-order valence-electron chi connectivity index (χ0n) is 10.5. The number of aliphatic hydroxyl groups excluding tert-OH is 1. The van der Waals surface area contributed by atoms with Crippen LogP contribution < -0.4 is 14.7 Å². The number of aliphatic hydroxyl groups is 1. The lowest BCUT2D eigenvalue weighted by Gasteiger charge is -2.16. The SMILES string of the molecule is CC[NH+](CCO)CCOc1ccc(C(=O)[O-])cc1. The van der Waals surface area contributed by atoms with E-state index in [1.165, 1.54) is 17.0 Å². The van der Waals surface area contributed by atoms with Gasteiger partial charge in [-0.2, -0.15) is 0 Å². The molecule has 1 atom stereocenters. The van der Waals surface area contributed by atoms with Gasteiger partial charge >= 0.3 is 0 Å². The van der Waals surface area contributed by atoms with Crippen molar-refractivity contribution in [2.45, 2.75) is 6.92 Å². The average molecular weight is 253 g/mol. The highest BCUT2D eigenvalue weighted by molar-refractivity contribution is 5.85. The van der Waals surface area contributed by atoms with Gasteiger partial charge in [0.2, 0.25) is 0 Å². The molecular weight excluding hydrogens is 234 g/mol. The third-order valence-electron chi connectivity index (χ3n) is 2.78. The topological polar surface area (TPSA) is 74.0 Å². The number of hydrogen-bond acceptors (Lipinski definition) is 4. The van der Waals surface area contributed by atoms with Gasteiger partial charge in [-0.3, -0.25) is 0 Å². The Morgan fingerprint density at radius 1 is 1.33 bits per heavy atom. The molecule has 2 N–H and O–H groups in total. The molecule has 0 aliphatic carbocycles. The first kappa shape index (κ1) is 14.5. The number of carbonyl (C=O) groups is 1. The Balaban J connectivity index is 2.37. The van der Waals surface area contributed by atoms with Crippen molar-refractivity contribution in [1.29, 1.82) is 0 Å². The fraction of sp³-hybridized carbons (Fsp3) is 0.462. The van der Waals surface area contributed by atoms with Crippen LogP contribution in [0.5, 0.6) is 5.75 Å². The number of aromatic carboxylic acids is 1. The summed E-state index contributed by atoms with van der Waals surface area (Å²) in [6.45, 7) is 5.22. The maximum atomic E-state index is 10.5. The summed E-state index contributed by atoms with van der Waals surface area (Å²) in [7, 11) is 0. The Hall–Kier alpha value is -1.59. The monoisotopic (exact) mass is 253 g/mol. The van der Waals surface area contributed by atoms with Crippen molar-refractivity contribution >= 4 is 5.97 Å². The van der Waals surface area contributed by atoms with Gasteiger partial charge in [0.05, 0.1) is 19.1 Å². The van der Waals surface area contributed by atoms with Crippen molar-refractivity contribution in [3.05, 3.63) is 29.8 Å². The highest BCUT2D eigenvalue weighted by Crippen LogP contribution is 2.11. The predicted molar refractivity (Wildman–Crippen MR) is 64.6 cm³/mol. The van der Waals surface area contributed by atoms with Crippen molar-refractivity contribution in [3.63, 3.8) is 0 Å². The Kier molecular flexibility index (Phi) is 6.18. The number of rotatable bonds is 8. The van der Waals surface area contributed by atoms with Crippen LogP contribution in [0.1, 0.15) is 17.3 Å². The van der Waals surface area contributed by atoms with E-state index in [9.17, 15) is 9.90 Å². The van der Waals surface area contributed by atoms with Gasteiger partial charge in [-0.15, -0.1) is 0 Å². The number of quaternary nitrogens is 1. The Morgan fingerprint density at radius 3 is 2.50 bits per heavy atom. The number of likely N-dealkylation sites (N-methyl/N-ethyl adjacent to an activating group) is 1. The van der Waals surface area contributed by atoms with Crippen molar-refractivity contribution in [2.24, 2.45) is 0 Å². The number of carboxylic acids is 1. The number of ether oxygens (including phenoxy) is 1. The highest BCUT2D eigenvalue weighted by atomic mass is 16.5. The molecule has 0 aliphatic rings. The Labute approximate surface area is 107 Å². The van der Waals surface area contributed by atoms with Gasteiger partial charge in [-0.25, -0.2) is 0 Å². The lowest BCUT2D eigenvalue weighted by atomic mass is 10.2. The fourth-order valence-corrected chi connectivity index (χ4v) is 1.64. The van der Waals surface area contributed by atoms with Gasteiger partial charge in [0, 0.05) is 0 Å². The molecule has 1 aromatic carbocycles. The van der Waals surface area contributed by atoms with Crippen LogP contribution in [0.3, 0.4) is 0 Å². The second-order valence-corrected chi connectivity index (χ2v) is 3.99. The lowest BCUT2D eigenvalue weighted by molar-refractivity contribution is -0.898. The minimum absolute atomic E-state index is 0.142. The van der Waals surface area contributed by atoms with Crippen molar-refractivity contribution in [3.8, 4) is 5.75 Å². The minimum atomic E-state index is -1.19. The Bertz CT molecular complexity index is 364.